The van der Waals surface area contributed by atoms with Crippen molar-refractivity contribution < 1.29 is 9.18 Å². The number of thioether (sulfide) groups is 1. The molecule has 0 fully saturated rings. The van der Waals surface area contributed by atoms with Crippen molar-refractivity contribution in [1.29, 1.82) is 0 Å². The van der Waals surface area contributed by atoms with Gasteiger partial charge in [-0.05, 0) is 36.4 Å². The van der Waals surface area contributed by atoms with E-state index in [0.717, 1.165) is 11.3 Å². The summed E-state index contributed by atoms with van der Waals surface area (Å²) < 4.78 is 15.2. The standard InChI is InChI=1S/C18H15ClFN3OS/c19-14-5-7-15(8-6-14)23-11-13(10-22-23)9-21-18(24)12-25-17-4-2-1-3-16(17)20/h1-8,10-11H,9,12H2,(H,21,24). The first-order chi connectivity index (χ1) is 12.1. The van der Waals surface area contributed by atoms with Gasteiger partial charge in [-0.3, -0.25) is 4.79 Å². The molecule has 0 aliphatic heterocycles. The van der Waals surface area contributed by atoms with Crippen LogP contribution in [0.1, 0.15) is 5.56 Å². The normalized spacial score (nSPS) is 10.6. The Morgan fingerprint density at radius 1 is 1.20 bits per heavy atom. The topological polar surface area (TPSA) is 46.9 Å². The minimum absolute atomic E-state index is 0.159. The lowest BCUT2D eigenvalue weighted by atomic mass is 10.3. The van der Waals surface area contributed by atoms with Crippen LogP contribution in [0.25, 0.3) is 5.69 Å². The molecule has 0 aliphatic rings. The predicted molar refractivity (Wildman–Crippen MR) is 97.5 cm³/mol. The Morgan fingerprint density at radius 3 is 2.72 bits per heavy atom. The van der Waals surface area contributed by atoms with Crippen LogP contribution in [0.15, 0.2) is 65.8 Å². The maximum atomic E-state index is 13.5. The average molecular weight is 376 g/mol. The Bertz CT molecular complexity index is 867. The van der Waals surface area contributed by atoms with Crippen molar-refractivity contribution in [2.45, 2.75) is 11.4 Å². The molecule has 1 N–H and O–H groups in total. The number of aromatic nitrogens is 2. The third kappa shape index (κ3) is 4.84. The molecule has 0 spiro atoms. The van der Waals surface area contributed by atoms with Gasteiger partial charge in [0.2, 0.25) is 5.91 Å². The summed E-state index contributed by atoms with van der Waals surface area (Å²) in [6.45, 7) is 0.365. The maximum Gasteiger partial charge on any atom is 0.230 e. The van der Waals surface area contributed by atoms with Crippen molar-refractivity contribution in [3.8, 4) is 5.69 Å². The first-order valence-corrected chi connectivity index (χ1v) is 8.92. The molecule has 3 rings (SSSR count). The number of halogens is 2. The van der Waals surface area contributed by atoms with Gasteiger partial charge in [0.15, 0.2) is 0 Å². The van der Waals surface area contributed by atoms with Crippen LogP contribution in [0.5, 0.6) is 0 Å². The predicted octanol–water partition coefficient (Wildman–Crippen LogP) is 4.07. The summed E-state index contributed by atoms with van der Waals surface area (Å²) in [5, 5.41) is 7.74. The molecule has 2 aromatic carbocycles. The molecule has 0 aliphatic carbocycles. The quantitative estimate of drug-likeness (QED) is 0.660. The molecular weight excluding hydrogens is 361 g/mol. The van der Waals surface area contributed by atoms with Crippen LogP contribution in [0.2, 0.25) is 5.02 Å². The summed E-state index contributed by atoms with van der Waals surface area (Å²) in [6, 6.07) is 13.7. The van der Waals surface area contributed by atoms with Crippen LogP contribution in [0.4, 0.5) is 4.39 Å². The van der Waals surface area contributed by atoms with E-state index in [2.05, 4.69) is 10.4 Å². The highest BCUT2D eigenvalue weighted by Crippen LogP contribution is 2.20. The second-order valence-electron chi connectivity index (χ2n) is 5.27. The van der Waals surface area contributed by atoms with Crippen LogP contribution in [-0.4, -0.2) is 21.4 Å². The average Bonchev–Trinajstić information content (AvgIpc) is 3.09. The zero-order valence-electron chi connectivity index (χ0n) is 13.2. The molecule has 4 nitrogen and oxygen atoms in total. The summed E-state index contributed by atoms with van der Waals surface area (Å²) in [4.78, 5) is 12.4. The van der Waals surface area contributed by atoms with Gasteiger partial charge in [-0.15, -0.1) is 11.8 Å². The molecule has 128 valence electrons. The SMILES string of the molecule is O=C(CSc1ccccc1F)NCc1cnn(-c2ccc(Cl)cc2)c1. The van der Waals surface area contributed by atoms with E-state index >= 15 is 0 Å². The van der Waals surface area contributed by atoms with E-state index < -0.39 is 0 Å². The third-order valence-corrected chi connectivity index (χ3v) is 4.71. The van der Waals surface area contributed by atoms with Crippen molar-refractivity contribution in [2.75, 3.05) is 5.75 Å². The van der Waals surface area contributed by atoms with Crippen LogP contribution >= 0.6 is 23.4 Å². The molecule has 0 radical (unpaired) electrons. The number of rotatable bonds is 6. The van der Waals surface area contributed by atoms with Crippen LogP contribution < -0.4 is 5.32 Å². The Hall–Kier alpha value is -2.31. The molecule has 1 heterocycles. The van der Waals surface area contributed by atoms with Crippen molar-refractivity contribution in [3.05, 3.63) is 77.3 Å². The lowest BCUT2D eigenvalue weighted by Gasteiger charge is -2.04. The van der Waals surface area contributed by atoms with Crippen molar-refractivity contribution in [2.24, 2.45) is 0 Å². The zero-order chi connectivity index (χ0) is 17.6. The monoisotopic (exact) mass is 375 g/mol. The first-order valence-electron chi connectivity index (χ1n) is 7.55. The number of nitrogens with zero attached hydrogens (tertiary/aromatic N) is 2. The van der Waals surface area contributed by atoms with Crippen LogP contribution in [0.3, 0.4) is 0 Å². The lowest BCUT2D eigenvalue weighted by molar-refractivity contribution is -0.118. The molecule has 7 heteroatoms. The Labute approximate surface area is 154 Å². The fraction of sp³-hybridized carbons (Fsp3) is 0.111. The van der Waals surface area contributed by atoms with E-state index in [0.29, 0.717) is 16.5 Å². The number of nitrogens with one attached hydrogen (secondary N) is 1. The van der Waals surface area contributed by atoms with Gasteiger partial charge >= 0.3 is 0 Å². The Balaban J connectivity index is 1.51. The molecule has 0 bridgehead atoms. The zero-order valence-corrected chi connectivity index (χ0v) is 14.7. The number of carbonyl (C=O) groups is 1. The molecule has 1 amide bonds. The smallest absolute Gasteiger partial charge is 0.230 e. The number of benzene rings is 2. The molecule has 0 saturated carbocycles. The number of amides is 1. The molecule has 25 heavy (non-hydrogen) atoms. The molecule has 0 saturated heterocycles. The van der Waals surface area contributed by atoms with Crippen molar-refractivity contribution in [3.63, 3.8) is 0 Å². The largest absolute Gasteiger partial charge is 0.351 e. The van der Waals surface area contributed by atoms with Gasteiger partial charge in [0, 0.05) is 28.2 Å². The highest BCUT2D eigenvalue weighted by Gasteiger charge is 2.07. The molecule has 0 atom stereocenters. The van der Waals surface area contributed by atoms with Crippen molar-refractivity contribution in [1.82, 2.24) is 15.1 Å². The second-order valence-corrected chi connectivity index (χ2v) is 6.72. The lowest BCUT2D eigenvalue weighted by Crippen LogP contribution is -2.24. The van der Waals surface area contributed by atoms with Crippen molar-refractivity contribution >= 4 is 29.3 Å². The van der Waals surface area contributed by atoms with Gasteiger partial charge in [0.25, 0.3) is 0 Å². The fourth-order valence-electron chi connectivity index (χ4n) is 2.14. The van der Waals surface area contributed by atoms with E-state index in [4.69, 9.17) is 11.6 Å². The van der Waals surface area contributed by atoms with Gasteiger partial charge < -0.3 is 5.32 Å². The summed E-state index contributed by atoms with van der Waals surface area (Å²) in [7, 11) is 0. The highest BCUT2D eigenvalue weighted by atomic mass is 35.5. The molecule has 1 aromatic heterocycles. The first kappa shape index (κ1) is 17.5. The maximum absolute atomic E-state index is 13.5. The van der Waals surface area contributed by atoms with E-state index in [1.807, 2.05) is 18.3 Å². The number of carbonyl (C=O) groups excluding carboxylic acids is 1. The van der Waals surface area contributed by atoms with E-state index in [1.54, 1.807) is 41.2 Å². The van der Waals surface area contributed by atoms with E-state index in [-0.39, 0.29) is 17.5 Å². The summed E-state index contributed by atoms with van der Waals surface area (Å²) >= 11 is 7.04. The third-order valence-electron chi connectivity index (χ3n) is 3.41. The van der Waals surface area contributed by atoms with Gasteiger partial charge in [-0.1, -0.05) is 23.7 Å². The Kier molecular flexibility index (Phi) is 5.73. The minimum Gasteiger partial charge on any atom is -0.351 e. The van der Waals surface area contributed by atoms with E-state index in [9.17, 15) is 9.18 Å². The fourth-order valence-corrected chi connectivity index (χ4v) is 3.04. The second kappa shape index (κ2) is 8.18. The van der Waals surface area contributed by atoms with Gasteiger partial charge in [0.05, 0.1) is 17.6 Å². The van der Waals surface area contributed by atoms with Gasteiger partial charge in [0.1, 0.15) is 5.82 Å². The Morgan fingerprint density at radius 2 is 1.96 bits per heavy atom. The molecule has 0 unspecified atom stereocenters. The number of hydrogen-bond donors (Lipinski definition) is 1. The van der Waals surface area contributed by atoms with Gasteiger partial charge in [-0.2, -0.15) is 5.10 Å². The molecule has 3 aromatic rings. The number of hydrogen-bond acceptors (Lipinski definition) is 3. The summed E-state index contributed by atoms with van der Waals surface area (Å²) in [5.74, 6) is -0.316. The van der Waals surface area contributed by atoms with Gasteiger partial charge in [-0.25, -0.2) is 9.07 Å². The van der Waals surface area contributed by atoms with E-state index in [1.165, 1.54) is 17.8 Å². The van der Waals surface area contributed by atoms with Crippen LogP contribution in [0, 0.1) is 5.82 Å². The minimum atomic E-state index is -0.315. The molecular formula is C18H15ClFN3OS. The highest BCUT2D eigenvalue weighted by molar-refractivity contribution is 8.00. The summed E-state index contributed by atoms with van der Waals surface area (Å²) in [5.41, 5.74) is 1.76. The van der Waals surface area contributed by atoms with Crippen LogP contribution in [-0.2, 0) is 11.3 Å². The summed E-state index contributed by atoms with van der Waals surface area (Å²) in [6.07, 6.45) is 3.53.